The zero-order valence-electron chi connectivity index (χ0n) is 8.62. The van der Waals surface area contributed by atoms with Gasteiger partial charge in [-0.05, 0) is 31.2 Å². The van der Waals surface area contributed by atoms with Crippen LogP contribution in [0.3, 0.4) is 0 Å². The smallest absolute Gasteiger partial charge is 0.208 e. The number of alkyl halides is 1. The Morgan fingerprint density at radius 2 is 2.06 bits per heavy atom. The fraction of sp³-hybridized carbons (Fsp3) is 0.167. The molecule has 0 saturated carbocycles. The molecule has 0 N–H and O–H groups in total. The second kappa shape index (κ2) is 4.22. The lowest BCUT2D eigenvalue weighted by molar-refractivity contribution is 0.0992. The van der Waals surface area contributed by atoms with E-state index in [1.54, 1.807) is 24.3 Å². The van der Waals surface area contributed by atoms with Gasteiger partial charge in [-0.15, -0.1) is 0 Å². The van der Waals surface area contributed by atoms with Crippen LogP contribution in [0.1, 0.15) is 27.8 Å². The third-order valence-corrected chi connectivity index (χ3v) is 2.83. The van der Waals surface area contributed by atoms with E-state index in [1.165, 1.54) is 6.92 Å². The molecule has 0 aliphatic heterocycles. The zero-order valence-corrected chi connectivity index (χ0v) is 10.2. The molecule has 2 rings (SSSR count). The predicted molar refractivity (Wildman–Crippen MR) is 64.3 cm³/mol. The highest BCUT2D eigenvalue weighted by Crippen LogP contribution is 2.21. The Morgan fingerprint density at radius 3 is 2.69 bits per heavy atom. The number of furan rings is 1. The number of carbonyl (C=O) groups excluding carboxylic acids is 2. The summed E-state index contributed by atoms with van der Waals surface area (Å²) in [5.41, 5.74) is 1.24. The van der Waals surface area contributed by atoms with Crippen molar-refractivity contribution in [1.82, 2.24) is 0 Å². The van der Waals surface area contributed by atoms with Crippen molar-refractivity contribution >= 4 is 38.5 Å². The number of halogens is 1. The summed E-state index contributed by atoms with van der Waals surface area (Å²) in [6.45, 7) is 1.51. The number of ketones is 2. The van der Waals surface area contributed by atoms with Crippen molar-refractivity contribution in [2.24, 2.45) is 0 Å². The molecule has 82 valence electrons. The van der Waals surface area contributed by atoms with Gasteiger partial charge in [0.05, 0.1) is 5.33 Å². The van der Waals surface area contributed by atoms with Gasteiger partial charge in [-0.2, -0.15) is 0 Å². The Labute approximate surface area is 101 Å². The standard InChI is InChI=1S/C12H9BrO3/c1-7(14)8-2-3-11-9(4-8)5-12(16-11)10(15)6-13/h2-5H,6H2,1H3. The van der Waals surface area contributed by atoms with Crippen molar-refractivity contribution in [3.05, 3.63) is 35.6 Å². The number of rotatable bonds is 3. The average molecular weight is 281 g/mol. The van der Waals surface area contributed by atoms with Crippen LogP contribution in [-0.2, 0) is 0 Å². The molecule has 0 aliphatic carbocycles. The Hall–Kier alpha value is -1.42. The first kappa shape index (κ1) is 11.1. The lowest BCUT2D eigenvalue weighted by atomic mass is 10.1. The van der Waals surface area contributed by atoms with Gasteiger partial charge >= 0.3 is 0 Å². The van der Waals surface area contributed by atoms with Crippen molar-refractivity contribution in [2.45, 2.75) is 6.92 Å². The largest absolute Gasteiger partial charge is 0.453 e. The monoisotopic (exact) mass is 280 g/mol. The topological polar surface area (TPSA) is 47.3 Å². The molecule has 0 amide bonds. The number of carbonyl (C=O) groups is 2. The minimum atomic E-state index is -0.111. The average Bonchev–Trinajstić information content (AvgIpc) is 2.70. The Morgan fingerprint density at radius 1 is 1.31 bits per heavy atom. The van der Waals surface area contributed by atoms with Gasteiger partial charge in [-0.3, -0.25) is 9.59 Å². The van der Waals surface area contributed by atoms with Gasteiger partial charge in [0.25, 0.3) is 0 Å². The molecule has 0 radical (unpaired) electrons. The van der Waals surface area contributed by atoms with E-state index in [9.17, 15) is 9.59 Å². The molecule has 3 nitrogen and oxygen atoms in total. The number of Topliss-reactive ketones (excluding diaryl/α,β-unsaturated/α-hetero) is 2. The summed E-state index contributed by atoms with van der Waals surface area (Å²) in [5.74, 6) is 0.199. The van der Waals surface area contributed by atoms with Gasteiger partial charge in [0.15, 0.2) is 11.5 Å². The molecule has 1 heterocycles. The minimum Gasteiger partial charge on any atom is -0.453 e. The van der Waals surface area contributed by atoms with Crippen LogP contribution in [0.15, 0.2) is 28.7 Å². The third kappa shape index (κ3) is 1.93. The number of hydrogen-bond acceptors (Lipinski definition) is 3. The molecule has 0 atom stereocenters. The van der Waals surface area contributed by atoms with Gasteiger partial charge in [-0.1, -0.05) is 15.9 Å². The minimum absolute atomic E-state index is 0.00327. The highest BCUT2D eigenvalue weighted by atomic mass is 79.9. The summed E-state index contributed by atoms with van der Waals surface area (Å²) >= 11 is 3.08. The third-order valence-electron chi connectivity index (χ3n) is 2.32. The highest BCUT2D eigenvalue weighted by molar-refractivity contribution is 9.09. The van der Waals surface area contributed by atoms with Crippen LogP contribution in [-0.4, -0.2) is 16.9 Å². The van der Waals surface area contributed by atoms with Gasteiger partial charge < -0.3 is 4.42 Å². The first-order valence-corrected chi connectivity index (χ1v) is 5.87. The second-order valence-corrected chi connectivity index (χ2v) is 4.04. The predicted octanol–water partition coefficient (Wildman–Crippen LogP) is 3.21. The summed E-state index contributed by atoms with van der Waals surface area (Å²) in [7, 11) is 0. The first-order valence-electron chi connectivity index (χ1n) is 4.75. The molecule has 0 bridgehead atoms. The maximum atomic E-state index is 11.4. The molecular formula is C12H9BrO3. The van der Waals surface area contributed by atoms with E-state index in [4.69, 9.17) is 4.42 Å². The maximum Gasteiger partial charge on any atom is 0.208 e. The van der Waals surface area contributed by atoms with Crippen molar-refractivity contribution in [3.63, 3.8) is 0 Å². The van der Waals surface area contributed by atoms with Crippen LogP contribution in [0.5, 0.6) is 0 Å². The van der Waals surface area contributed by atoms with E-state index in [2.05, 4.69) is 15.9 Å². The lowest BCUT2D eigenvalue weighted by Gasteiger charge is -1.93. The summed E-state index contributed by atoms with van der Waals surface area (Å²) in [5, 5.41) is 1.00. The van der Waals surface area contributed by atoms with E-state index >= 15 is 0 Å². The van der Waals surface area contributed by atoms with E-state index in [1.807, 2.05) is 0 Å². The van der Waals surface area contributed by atoms with E-state index in [0.717, 1.165) is 5.39 Å². The summed E-state index contributed by atoms with van der Waals surface area (Å²) in [4.78, 5) is 22.6. The van der Waals surface area contributed by atoms with Crippen LogP contribution in [0, 0.1) is 0 Å². The van der Waals surface area contributed by atoms with Gasteiger partial charge in [-0.25, -0.2) is 0 Å². The molecule has 0 aliphatic rings. The van der Waals surface area contributed by atoms with Crippen molar-refractivity contribution < 1.29 is 14.0 Å². The molecule has 4 heteroatoms. The molecule has 1 aromatic carbocycles. The Bertz CT molecular complexity index is 569. The Kier molecular flexibility index (Phi) is 2.92. The van der Waals surface area contributed by atoms with Crippen LogP contribution >= 0.6 is 15.9 Å². The first-order chi connectivity index (χ1) is 7.61. The van der Waals surface area contributed by atoms with E-state index in [0.29, 0.717) is 16.9 Å². The molecule has 2 aromatic rings. The van der Waals surface area contributed by atoms with Gasteiger partial charge in [0.2, 0.25) is 5.78 Å². The number of benzene rings is 1. The van der Waals surface area contributed by atoms with Gasteiger partial charge in [0.1, 0.15) is 5.58 Å². The van der Waals surface area contributed by atoms with Crippen LogP contribution in [0.2, 0.25) is 0 Å². The number of hydrogen-bond donors (Lipinski definition) is 0. The normalized spacial score (nSPS) is 10.6. The van der Waals surface area contributed by atoms with Crippen molar-refractivity contribution in [2.75, 3.05) is 5.33 Å². The number of fused-ring (bicyclic) bond motifs is 1. The quantitative estimate of drug-likeness (QED) is 0.641. The molecule has 16 heavy (non-hydrogen) atoms. The fourth-order valence-corrected chi connectivity index (χ4v) is 1.74. The molecule has 0 unspecified atom stereocenters. The Balaban J connectivity index is 2.54. The van der Waals surface area contributed by atoms with Crippen molar-refractivity contribution in [3.8, 4) is 0 Å². The van der Waals surface area contributed by atoms with Crippen LogP contribution in [0.4, 0.5) is 0 Å². The van der Waals surface area contributed by atoms with Crippen LogP contribution in [0.25, 0.3) is 11.0 Å². The molecular weight excluding hydrogens is 272 g/mol. The lowest BCUT2D eigenvalue weighted by Crippen LogP contribution is -1.96. The molecule has 0 fully saturated rings. The zero-order chi connectivity index (χ0) is 11.7. The summed E-state index contributed by atoms with van der Waals surface area (Å²) < 4.78 is 5.36. The fourth-order valence-electron chi connectivity index (χ4n) is 1.47. The summed E-state index contributed by atoms with van der Waals surface area (Å²) in [6.07, 6.45) is 0. The van der Waals surface area contributed by atoms with Crippen LogP contribution < -0.4 is 0 Å². The molecule has 0 saturated heterocycles. The van der Waals surface area contributed by atoms with E-state index < -0.39 is 0 Å². The maximum absolute atomic E-state index is 11.4. The highest BCUT2D eigenvalue weighted by Gasteiger charge is 2.11. The molecule has 0 spiro atoms. The summed E-state index contributed by atoms with van der Waals surface area (Å²) in [6, 6.07) is 6.78. The van der Waals surface area contributed by atoms with Crippen molar-refractivity contribution in [1.29, 1.82) is 0 Å². The SMILES string of the molecule is CC(=O)c1ccc2oc(C(=O)CBr)cc2c1. The second-order valence-electron chi connectivity index (χ2n) is 3.48. The molecule has 1 aromatic heterocycles. The van der Waals surface area contributed by atoms with Gasteiger partial charge in [0, 0.05) is 10.9 Å². The van der Waals surface area contributed by atoms with E-state index in [-0.39, 0.29) is 16.9 Å².